The van der Waals surface area contributed by atoms with Crippen molar-refractivity contribution < 1.29 is 13.2 Å². The average Bonchev–Trinajstić information content (AvgIpc) is 2.59. The molecule has 15 heavy (non-hydrogen) atoms. The molecule has 0 saturated heterocycles. The second-order valence-electron chi connectivity index (χ2n) is 4.11. The maximum absolute atomic E-state index is 13.5. The van der Waals surface area contributed by atoms with Crippen LogP contribution in [-0.2, 0) is 5.41 Å². The lowest BCUT2D eigenvalue weighted by Gasteiger charge is -2.23. The predicted molar refractivity (Wildman–Crippen MR) is 52.0 cm³/mol. The molecule has 0 unspecified atom stereocenters. The van der Waals surface area contributed by atoms with Crippen LogP contribution in [0.4, 0.5) is 13.2 Å². The average molecular weight is 212 g/mol. The Morgan fingerprint density at radius 1 is 1.20 bits per heavy atom. The lowest BCUT2D eigenvalue weighted by Crippen LogP contribution is -2.18. The molecule has 0 aromatic heterocycles. The van der Waals surface area contributed by atoms with Gasteiger partial charge in [-0.25, -0.2) is 13.2 Å². The molecule has 0 N–H and O–H groups in total. The van der Waals surface area contributed by atoms with E-state index >= 15 is 0 Å². The maximum Gasteiger partial charge on any atom is 0.163 e. The first-order chi connectivity index (χ1) is 7.03. The van der Waals surface area contributed by atoms with E-state index in [2.05, 4.69) is 0 Å². The Hall–Kier alpha value is -1.25. The quantitative estimate of drug-likeness (QED) is 0.491. The van der Waals surface area contributed by atoms with Crippen molar-refractivity contribution in [2.75, 3.05) is 0 Å². The van der Waals surface area contributed by atoms with Gasteiger partial charge in [-0.15, -0.1) is 0 Å². The molecule has 1 aromatic carbocycles. The molecule has 0 bridgehead atoms. The summed E-state index contributed by atoms with van der Waals surface area (Å²) in [5.74, 6) is -2.79. The first-order valence-corrected chi connectivity index (χ1v) is 4.86. The van der Waals surface area contributed by atoms with Gasteiger partial charge in [0.1, 0.15) is 5.82 Å². The highest BCUT2D eigenvalue weighted by atomic mass is 19.2. The molecule has 3 heteroatoms. The molecule has 1 atom stereocenters. The number of rotatable bonds is 1. The van der Waals surface area contributed by atoms with Gasteiger partial charge in [-0.2, -0.15) is 0 Å². The Morgan fingerprint density at radius 2 is 1.93 bits per heavy atom. The summed E-state index contributed by atoms with van der Waals surface area (Å²) in [6.07, 6.45) is 5.22. The fourth-order valence-electron chi connectivity index (χ4n) is 2.01. The van der Waals surface area contributed by atoms with E-state index in [0.29, 0.717) is 12.5 Å². The van der Waals surface area contributed by atoms with Crippen molar-refractivity contribution in [2.45, 2.75) is 25.2 Å². The zero-order valence-electron chi connectivity index (χ0n) is 8.36. The van der Waals surface area contributed by atoms with Crippen LogP contribution in [0.1, 0.15) is 25.3 Å². The van der Waals surface area contributed by atoms with Gasteiger partial charge in [0.2, 0.25) is 0 Å². The fourth-order valence-corrected chi connectivity index (χ4v) is 2.01. The van der Waals surface area contributed by atoms with Gasteiger partial charge in [0.15, 0.2) is 11.6 Å². The molecule has 1 aliphatic rings. The van der Waals surface area contributed by atoms with Gasteiger partial charge >= 0.3 is 0 Å². The first kappa shape index (κ1) is 10.3. The largest absolute Gasteiger partial charge is 0.207 e. The Morgan fingerprint density at radius 3 is 2.53 bits per heavy atom. The van der Waals surface area contributed by atoms with Gasteiger partial charge in [0.05, 0.1) is 0 Å². The Labute approximate surface area is 86.4 Å². The molecule has 2 rings (SSSR count). The summed E-state index contributed by atoms with van der Waals surface area (Å²) < 4.78 is 39.5. The Kier molecular flexibility index (Phi) is 2.33. The molecule has 0 radical (unpaired) electrons. The Balaban J connectivity index is 2.57. The number of hydrogen-bond donors (Lipinski definition) is 0. The van der Waals surface area contributed by atoms with E-state index in [0.717, 1.165) is 12.5 Å². The highest BCUT2D eigenvalue weighted by molar-refractivity contribution is 5.34. The standard InChI is InChI=1S/C12H11F3/c1-12(4-2-3-5-12)9-6-8(13)7-10(14)11(9)15/h2,4,6-7H,3,5H2,1H3/t12-/m0/s1. The first-order valence-electron chi connectivity index (χ1n) is 4.86. The SMILES string of the molecule is C[C@]1(c2cc(F)cc(F)c2F)C=CCC1. The van der Waals surface area contributed by atoms with Crippen LogP contribution in [-0.4, -0.2) is 0 Å². The van der Waals surface area contributed by atoms with E-state index in [1.807, 2.05) is 12.2 Å². The van der Waals surface area contributed by atoms with Crippen molar-refractivity contribution in [3.05, 3.63) is 47.3 Å². The lowest BCUT2D eigenvalue weighted by atomic mass is 9.82. The topological polar surface area (TPSA) is 0 Å². The van der Waals surface area contributed by atoms with Gasteiger partial charge in [0, 0.05) is 17.0 Å². The summed E-state index contributed by atoms with van der Waals surface area (Å²) in [5, 5.41) is 0. The zero-order valence-corrected chi connectivity index (χ0v) is 8.36. The van der Waals surface area contributed by atoms with Crippen LogP contribution >= 0.6 is 0 Å². The molecular formula is C12H11F3. The molecule has 1 aromatic rings. The molecule has 0 fully saturated rings. The molecule has 0 heterocycles. The molecule has 0 nitrogen and oxygen atoms in total. The number of halogens is 3. The number of benzene rings is 1. The van der Waals surface area contributed by atoms with E-state index in [9.17, 15) is 13.2 Å². The third kappa shape index (κ3) is 1.66. The second-order valence-corrected chi connectivity index (χ2v) is 4.11. The third-order valence-corrected chi connectivity index (χ3v) is 2.92. The molecule has 0 spiro atoms. The molecular weight excluding hydrogens is 201 g/mol. The molecule has 0 aliphatic heterocycles. The van der Waals surface area contributed by atoms with Crippen molar-refractivity contribution in [2.24, 2.45) is 0 Å². The van der Waals surface area contributed by atoms with Crippen molar-refractivity contribution in [1.82, 2.24) is 0 Å². The summed E-state index contributed by atoms with van der Waals surface area (Å²) in [6, 6.07) is 1.65. The fraction of sp³-hybridized carbons (Fsp3) is 0.333. The normalized spacial score (nSPS) is 24.8. The molecule has 1 aliphatic carbocycles. The van der Waals surface area contributed by atoms with Crippen LogP contribution < -0.4 is 0 Å². The van der Waals surface area contributed by atoms with Crippen LogP contribution in [0.3, 0.4) is 0 Å². The van der Waals surface area contributed by atoms with E-state index in [-0.39, 0.29) is 5.56 Å². The summed E-state index contributed by atoms with van der Waals surface area (Å²) >= 11 is 0. The second kappa shape index (κ2) is 3.40. The Bertz CT molecular complexity index is 423. The van der Waals surface area contributed by atoms with Gasteiger partial charge < -0.3 is 0 Å². The minimum Gasteiger partial charge on any atom is -0.207 e. The van der Waals surface area contributed by atoms with Crippen molar-refractivity contribution in [3.63, 3.8) is 0 Å². The summed E-state index contributed by atoms with van der Waals surface area (Å²) in [5.41, 5.74) is -0.471. The molecule has 80 valence electrons. The number of hydrogen-bond acceptors (Lipinski definition) is 0. The molecule has 0 saturated carbocycles. The monoisotopic (exact) mass is 212 g/mol. The highest BCUT2D eigenvalue weighted by Crippen LogP contribution is 2.37. The third-order valence-electron chi connectivity index (χ3n) is 2.92. The van der Waals surface area contributed by atoms with Crippen LogP contribution in [0.5, 0.6) is 0 Å². The maximum atomic E-state index is 13.5. The lowest BCUT2D eigenvalue weighted by molar-refractivity contribution is 0.453. The van der Waals surface area contributed by atoms with Crippen LogP contribution in [0.2, 0.25) is 0 Å². The zero-order chi connectivity index (χ0) is 11.1. The van der Waals surface area contributed by atoms with Crippen LogP contribution in [0.25, 0.3) is 0 Å². The van der Waals surface area contributed by atoms with Gasteiger partial charge in [-0.05, 0) is 18.9 Å². The number of allylic oxidation sites excluding steroid dienone is 2. The van der Waals surface area contributed by atoms with Crippen molar-refractivity contribution in [3.8, 4) is 0 Å². The predicted octanol–water partition coefficient (Wildman–Crippen LogP) is 3.71. The van der Waals surface area contributed by atoms with Crippen LogP contribution in [0.15, 0.2) is 24.3 Å². The minimum atomic E-state index is -1.12. The van der Waals surface area contributed by atoms with Crippen molar-refractivity contribution >= 4 is 0 Å². The summed E-state index contributed by atoms with van der Waals surface area (Å²) in [4.78, 5) is 0. The summed E-state index contributed by atoms with van der Waals surface area (Å²) in [6.45, 7) is 1.79. The van der Waals surface area contributed by atoms with Gasteiger partial charge in [0.25, 0.3) is 0 Å². The smallest absolute Gasteiger partial charge is 0.163 e. The van der Waals surface area contributed by atoms with Crippen LogP contribution in [0, 0.1) is 17.5 Å². The van der Waals surface area contributed by atoms with E-state index < -0.39 is 22.9 Å². The summed E-state index contributed by atoms with van der Waals surface area (Å²) in [7, 11) is 0. The van der Waals surface area contributed by atoms with E-state index in [1.54, 1.807) is 6.92 Å². The van der Waals surface area contributed by atoms with Gasteiger partial charge in [-0.3, -0.25) is 0 Å². The van der Waals surface area contributed by atoms with E-state index in [1.165, 1.54) is 0 Å². The van der Waals surface area contributed by atoms with Gasteiger partial charge in [-0.1, -0.05) is 19.1 Å². The van der Waals surface area contributed by atoms with Crippen molar-refractivity contribution in [1.29, 1.82) is 0 Å². The van der Waals surface area contributed by atoms with E-state index in [4.69, 9.17) is 0 Å². The minimum absolute atomic E-state index is 0.105. The molecule has 0 amide bonds. The highest BCUT2D eigenvalue weighted by Gasteiger charge is 2.30.